The Kier molecular flexibility index (Phi) is 3.53. The van der Waals surface area contributed by atoms with Crippen LogP contribution < -0.4 is 10.6 Å². The topological polar surface area (TPSA) is 44.4 Å². The van der Waals surface area contributed by atoms with Gasteiger partial charge in [0, 0.05) is 39.3 Å². The number of carbonyl (C=O) groups excluding carboxylic acids is 1. The van der Waals surface area contributed by atoms with Crippen LogP contribution in [0, 0.1) is 6.92 Å². The van der Waals surface area contributed by atoms with Crippen LogP contribution in [0.3, 0.4) is 0 Å². The molecule has 2 aliphatic rings. The summed E-state index contributed by atoms with van der Waals surface area (Å²) in [4.78, 5) is 14.7. The Morgan fingerprint density at radius 1 is 1.26 bits per heavy atom. The van der Waals surface area contributed by atoms with E-state index < -0.39 is 0 Å². The maximum absolute atomic E-state index is 12.7. The SMILES string of the molecule is Cc1cccc2c1CNCC2C(=O)N1CCNCC1. The molecule has 0 spiro atoms. The summed E-state index contributed by atoms with van der Waals surface area (Å²) < 4.78 is 0. The molecule has 1 atom stereocenters. The summed E-state index contributed by atoms with van der Waals surface area (Å²) in [7, 11) is 0. The first kappa shape index (κ1) is 12.6. The van der Waals surface area contributed by atoms with E-state index in [2.05, 4.69) is 35.8 Å². The molecule has 0 radical (unpaired) electrons. The third-order valence-electron chi connectivity index (χ3n) is 4.20. The van der Waals surface area contributed by atoms with Gasteiger partial charge in [0.05, 0.1) is 5.92 Å². The molecule has 2 heterocycles. The number of hydrogen-bond donors (Lipinski definition) is 2. The number of nitrogens with zero attached hydrogens (tertiary/aromatic N) is 1. The highest BCUT2D eigenvalue weighted by molar-refractivity contribution is 5.85. The highest BCUT2D eigenvalue weighted by Gasteiger charge is 2.30. The Balaban J connectivity index is 1.86. The third kappa shape index (κ3) is 2.38. The Labute approximate surface area is 114 Å². The second-order valence-electron chi connectivity index (χ2n) is 5.40. The molecule has 2 aliphatic heterocycles. The Morgan fingerprint density at radius 3 is 2.84 bits per heavy atom. The predicted octanol–water partition coefficient (Wildman–Crippen LogP) is 0.614. The van der Waals surface area contributed by atoms with E-state index in [1.807, 2.05) is 4.90 Å². The molecular weight excluding hydrogens is 238 g/mol. The molecule has 0 bridgehead atoms. The maximum atomic E-state index is 12.7. The number of carbonyl (C=O) groups is 1. The fourth-order valence-corrected chi connectivity index (χ4v) is 3.07. The van der Waals surface area contributed by atoms with Crippen molar-refractivity contribution < 1.29 is 4.79 Å². The number of nitrogens with one attached hydrogen (secondary N) is 2. The van der Waals surface area contributed by atoms with Gasteiger partial charge in [-0.25, -0.2) is 0 Å². The van der Waals surface area contributed by atoms with Gasteiger partial charge in [0.2, 0.25) is 5.91 Å². The van der Waals surface area contributed by atoms with Gasteiger partial charge in [-0.2, -0.15) is 0 Å². The van der Waals surface area contributed by atoms with Crippen molar-refractivity contribution in [2.45, 2.75) is 19.4 Å². The van der Waals surface area contributed by atoms with Gasteiger partial charge in [0.15, 0.2) is 0 Å². The summed E-state index contributed by atoms with van der Waals surface area (Å²) >= 11 is 0. The molecule has 1 aromatic rings. The number of aryl methyl sites for hydroxylation is 1. The van der Waals surface area contributed by atoms with Crippen LogP contribution >= 0.6 is 0 Å². The minimum absolute atomic E-state index is 0.0123. The standard InChI is InChI=1S/C15H21N3O/c1-11-3-2-4-12-13(11)9-17-10-14(12)15(19)18-7-5-16-6-8-18/h2-4,14,16-17H,5-10H2,1H3. The summed E-state index contributed by atoms with van der Waals surface area (Å²) in [6.07, 6.45) is 0. The summed E-state index contributed by atoms with van der Waals surface area (Å²) in [6.45, 7) is 7.25. The Morgan fingerprint density at radius 2 is 2.05 bits per heavy atom. The normalized spacial score (nSPS) is 23.0. The van der Waals surface area contributed by atoms with Crippen molar-refractivity contribution in [3.63, 3.8) is 0 Å². The van der Waals surface area contributed by atoms with Crippen molar-refractivity contribution >= 4 is 5.91 Å². The number of hydrogen-bond acceptors (Lipinski definition) is 3. The lowest BCUT2D eigenvalue weighted by Gasteiger charge is -2.34. The van der Waals surface area contributed by atoms with Gasteiger partial charge in [0.1, 0.15) is 0 Å². The fraction of sp³-hybridized carbons (Fsp3) is 0.533. The molecule has 4 heteroatoms. The van der Waals surface area contributed by atoms with Crippen LogP contribution in [0.5, 0.6) is 0 Å². The zero-order valence-electron chi connectivity index (χ0n) is 11.4. The molecule has 1 fully saturated rings. The van der Waals surface area contributed by atoms with Crippen molar-refractivity contribution in [2.24, 2.45) is 0 Å². The molecule has 4 nitrogen and oxygen atoms in total. The minimum atomic E-state index is -0.0123. The van der Waals surface area contributed by atoms with E-state index in [9.17, 15) is 4.79 Å². The highest BCUT2D eigenvalue weighted by Crippen LogP contribution is 2.28. The second-order valence-corrected chi connectivity index (χ2v) is 5.40. The van der Waals surface area contributed by atoms with Crippen LogP contribution in [0.4, 0.5) is 0 Å². The lowest BCUT2D eigenvalue weighted by molar-refractivity contribution is -0.133. The lowest BCUT2D eigenvalue weighted by Crippen LogP contribution is -2.50. The molecule has 1 saturated heterocycles. The molecule has 1 unspecified atom stereocenters. The maximum Gasteiger partial charge on any atom is 0.231 e. The fourth-order valence-electron chi connectivity index (χ4n) is 3.07. The van der Waals surface area contributed by atoms with E-state index in [1.165, 1.54) is 16.7 Å². The molecule has 19 heavy (non-hydrogen) atoms. The van der Waals surface area contributed by atoms with E-state index in [1.54, 1.807) is 0 Å². The summed E-state index contributed by atoms with van der Waals surface area (Å²) in [5.74, 6) is 0.266. The predicted molar refractivity (Wildman–Crippen MR) is 75.1 cm³/mol. The van der Waals surface area contributed by atoms with Gasteiger partial charge in [-0.3, -0.25) is 4.79 Å². The Hall–Kier alpha value is -1.39. The van der Waals surface area contributed by atoms with Crippen molar-refractivity contribution in [3.05, 3.63) is 34.9 Å². The molecule has 0 aliphatic carbocycles. The van der Waals surface area contributed by atoms with Crippen LogP contribution in [0.15, 0.2) is 18.2 Å². The van der Waals surface area contributed by atoms with Gasteiger partial charge in [0.25, 0.3) is 0 Å². The highest BCUT2D eigenvalue weighted by atomic mass is 16.2. The first-order valence-electron chi connectivity index (χ1n) is 7.06. The summed E-state index contributed by atoms with van der Waals surface area (Å²) in [5.41, 5.74) is 3.81. The molecule has 2 N–H and O–H groups in total. The first-order valence-corrected chi connectivity index (χ1v) is 7.06. The van der Waals surface area contributed by atoms with E-state index in [4.69, 9.17) is 0 Å². The largest absolute Gasteiger partial charge is 0.340 e. The van der Waals surface area contributed by atoms with E-state index in [0.717, 1.165) is 39.3 Å². The lowest BCUT2D eigenvalue weighted by atomic mass is 9.87. The van der Waals surface area contributed by atoms with E-state index >= 15 is 0 Å². The van der Waals surface area contributed by atoms with Crippen molar-refractivity contribution in [2.75, 3.05) is 32.7 Å². The number of piperazine rings is 1. The van der Waals surface area contributed by atoms with Crippen LogP contribution in [-0.4, -0.2) is 43.5 Å². The number of benzene rings is 1. The first-order chi connectivity index (χ1) is 9.27. The van der Waals surface area contributed by atoms with Crippen LogP contribution in [0.25, 0.3) is 0 Å². The molecule has 0 aromatic heterocycles. The molecule has 0 saturated carbocycles. The van der Waals surface area contributed by atoms with Crippen molar-refractivity contribution in [1.29, 1.82) is 0 Å². The molecule has 102 valence electrons. The van der Waals surface area contributed by atoms with Gasteiger partial charge in [-0.15, -0.1) is 0 Å². The van der Waals surface area contributed by atoms with E-state index in [-0.39, 0.29) is 11.8 Å². The monoisotopic (exact) mass is 259 g/mol. The number of amides is 1. The average Bonchev–Trinajstić information content (AvgIpc) is 2.47. The van der Waals surface area contributed by atoms with Gasteiger partial charge < -0.3 is 15.5 Å². The minimum Gasteiger partial charge on any atom is -0.340 e. The van der Waals surface area contributed by atoms with Gasteiger partial charge in [-0.05, 0) is 23.6 Å². The van der Waals surface area contributed by atoms with Gasteiger partial charge in [-0.1, -0.05) is 18.2 Å². The molecular formula is C15H21N3O. The smallest absolute Gasteiger partial charge is 0.231 e. The summed E-state index contributed by atoms with van der Waals surface area (Å²) in [6, 6.07) is 6.31. The van der Waals surface area contributed by atoms with Crippen molar-refractivity contribution in [3.8, 4) is 0 Å². The number of fused-ring (bicyclic) bond motifs is 1. The van der Waals surface area contributed by atoms with E-state index in [0.29, 0.717) is 0 Å². The third-order valence-corrected chi connectivity index (χ3v) is 4.20. The summed E-state index contributed by atoms with van der Waals surface area (Å²) in [5, 5.41) is 6.68. The molecule has 1 amide bonds. The second kappa shape index (κ2) is 5.31. The zero-order chi connectivity index (χ0) is 13.2. The Bertz CT molecular complexity index is 480. The van der Waals surface area contributed by atoms with Gasteiger partial charge >= 0.3 is 0 Å². The van der Waals surface area contributed by atoms with Crippen LogP contribution in [0.2, 0.25) is 0 Å². The molecule has 1 aromatic carbocycles. The average molecular weight is 259 g/mol. The quantitative estimate of drug-likeness (QED) is 0.777. The zero-order valence-corrected chi connectivity index (χ0v) is 11.4. The molecule has 3 rings (SSSR count). The number of rotatable bonds is 1. The van der Waals surface area contributed by atoms with Crippen molar-refractivity contribution in [1.82, 2.24) is 15.5 Å². The van der Waals surface area contributed by atoms with Crippen LogP contribution in [0.1, 0.15) is 22.6 Å². The van der Waals surface area contributed by atoms with Crippen LogP contribution in [-0.2, 0) is 11.3 Å².